The maximum absolute atomic E-state index is 11.8. The third-order valence-corrected chi connectivity index (χ3v) is 3.22. The van der Waals surface area contributed by atoms with E-state index in [1.807, 2.05) is 24.3 Å². The molecule has 0 bridgehead atoms. The Morgan fingerprint density at radius 2 is 2.35 bits per heavy atom. The third kappa shape index (κ3) is 2.47. The number of benzene rings is 1. The molecular weight excluding hydrogens is 212 g/mol. The fourth-order valence-electron chi connectivity index (χ4n) is 2.27. The van der Waals surface area contributed by atoms with Gasteiger partial charge in [-0.2, -0.15) is 5.26 Å². The van der Waals surface area contributed by atoms with E-state index in [0.717, 1.165) is 24.9 Å². The van der Waals surface area contributed by atoms with Crippen LogP contribution in [0.5, 0.6) is 0 Å². The zero-order valence-corrected chi connectivity index (χ0v) is 10.1. The summed E-state index contributed by atoms with van der Waals surface area (Å²) in [7, 11) is 2.08. The molecule has 0 fully saturated rings. The maximum atomic E-state index is 11.8. The fraction of sp³-hybridized carbons (Fsp3) is 0.429. The minimum Gasteiger partial charge on any atom is -0.374 e. The molecule has 1 heterocycles. The van der Waals surface area contributed by atoms with Crippen LogP contribution in [0.25, 0.3) is 0 Å². The van der Waals surface area contributed by atoms with Gasteiger partial charge >= 0.3 is 0 Å². The molecule has 0 saturated heterocycles. The highest BCUT2D eigenvalue weighted by atomic mass is 16.1. The van der Waals surface area contributed by atoms with Crippen LogP contribution in [0.15, 0.2) is 18.2 Å². The van der Waals surface area contributed by atoms with E-state index in [1.54, 1.807) is 0 Å². The van der Waals surface area contributed by atoms with E-state index < -0.39 is 0 Å². The number of aryl methyl sites for hydroxylation is 1. The van der Waals surface area contributed by atoms with E-state index in [-0.39, 0.29) is 5.78 Å². The molecule has 17 heavy (non-hydrogen) atoms. The number of hydrogen-bond acceptors (Lipinski definition) is 3. The molecule has 0 spiro atoms. The number of carbonyl (C=O) groups excluding carboxylic acids is 1. The lowest BCUT2D eigenvalue weighted by Crippen LogP contribution is -2.24. The molecule has 0 radical (unpaired) electrons. The van der Waals surface area contributed by atoms with Crippen molar-refractivity contribution in [1.82, 2.24) is 0 Å². The molecule has 3 nitrogen and oxygen atoms in total. The predicted octanol–water partition coefficient (Wildman–Crippen LogP) is 2.56. The van der Waals surface area contributed by atoms with Gasteiger partial charge in [0.25, 0.3) is 0 Å². The van der Waals surface area contributed by atoms with E-state index in [4.69, 9.17) is 5.26 Å². The molecule has 0 N–H and O–H groups in total. The van der Waals surface area contributed by atoms with Crippen molar-refractivity contribution in [1.29, 1.82) is 5.26 Å². The highest BCUT2D eigenvalue weighted by Gasteiger charge is 2.15. The summed E-state index contributed by atoms with van der Waals surface area (Å²) in [6, 6.07) is 7.90. The van der Waals surface area contributed by atoms with Crippen molar-refractivity contribution in [3.63, 3.8) is 0 Å². The highest BCUT2D eigenvalue weighted by molar-refractivity contribution is 5.96. The number of fused-ring (bicyclic) bond motifs is 1. The maximum Gasteiger partial charge on any atom is 0.163 e. The Morgan fingerprint density at radius 1 is 1.53 bits per heavy atom. The summed E-state index contributed by atoms with van der Waals surface area (Å²) in [6.07, 6.45) is 2.80. The largest absolute Gasteiger partial charge is 0.374 e. The first-order valence-electron chi connectivity index (χ1n) is 5.96. The van der Waals surface area contributed by atoms with Crippen molar-refractivity contribution in [2.24, 2.45) is 0 Å². The monoisotopic (exact) mass is 228 g/mol. The molecule has 1 aliphatic heterocycles. The number of nitrogens with zero attached hydrogens (tertiary/aromatic N) is 2. The van der Waals surface area contributed by atoms with Gasteiger partial charge in [0, 0.05) is 37.7 Å². The molecule has 1 aromatic carbocycles. The summed E-state index contributed by atoms with van der Waals surface area (Å²) in [5.41, 5.74) is 3.23. The van der Waals surface area contributed by atoms with Gasteiger partial charge in [-0.05, 0) is 36.6 Å². The first kappa shape index (κ1) is 11.7. The summed E-state index contributed by atoms with van der Waals surface area (Å²) >= 11 is 0. The molecule has 88 valence electrons. The smallest absolute Gasteiger partial charge is 0.163 e. The topological polar surface area (TPSA) is 44.1 Å². The second-order valence-electron chi connectivity index (χ2n) is 4.45. The number of carbonyl (C=O) groups is 1. The van der Waals surface area contributed by atoms with Gasteiger partial charge in [0.15, 0.2) is 5.78 Å². The van der Waals surface area contributed by atoms with E-state index in [0.29, 0.717) is 12.8 Å². The Balaban J connectivity index is 2.22. The fourth-order valence-corrected chi connectivity index (χ4v) is 2.27. The quantitative estimate of drug-likeness (QED) is 0.747. The van der Waals surface area contributed by atoms with Crippen LogP contribution < -0.4 is 4.90 Å². The van der Waals surface area contributed by atoms with Crippen molar-refractivity contribution in [2.75, 3.05) is 18.5 Å². The number of hydrogen-bond donors (Lipinski definition) is 0. The van der Waals surface area contributed by atoms with E-state index in [1.165, 1.54) is 11.3 Å². The van der Waals surface area contributed by atoms with Crippen molar-refractivity contribution < 1.29 is 4.79 Å². The zero-order valence-electron chi connectivity index (χ0n) is 10.1. The molecule has 0 saturated carbocycles. The van der Waals surface area contributed by atoms with Crippen LogP contribution in [0.2, 0.25) is 0 Å². The average molecular weight is 228 g/mol. The second kappa shape index (κ2) is 5.01. The molecule has 1 aliphatic rings. The zero-order chi connectivity index (χ0) is 12.3. The normalized spacial score (nSPS) is 14.0. The number of nitriles is 1. The molecule has 1 aromatic rings. The van der Waals surface area contributed by atoms with Crippen LogP contribution >= 0.6 is 0 Å². The molecule has 0 unspecified atom stereocenters. The Morgan fingerprint density at radius 3 is 3.12 bits per heavy atom. The first-order valence-corrected chi connectivity index (χ1v) is 5.96. The van der Waals surface area contributed by atoms with Crippen molar-refractivity contribution in [2.45, 2.75) is 25.7 Å². The van der Waals surface area contributed by atoms with Gasteiger partial charge in [0.2, 0.25) is 0 Å². The van der Waals surface area contributed by atoms with Crippen LogP contribution in [0.4, 0.5) is 5.69 Å². The van der Waals surface area contributed by atoms with Gasteiger partial charge in [0.1, 0.15) is 0 Å². The van der Waals surface area contributed by atoms with Gasteiger partial charge in [-0.15, -0.1) is 0 Å². The van der Waals surface area contributed by atoms with E-state index in [9.17, 15) is 4.79 Å². The van der Waals surface area contributed by atoms with Crippen molar-refractivity contribution in [3.8, 4) is 6.07 Å². The number of anilines is 1. The van der Waals surface area contributed by atoms with Crippen LogP contribution in [0.1, 0.15) is 35.2 Å². The van der Waals surface area contributed by atoms with Gasteiger partial charge in [-0.25, -0.2) is 0 Å². The highest BCUT2D eigenvalue weighted by Crippen LogP contribution is 2.27. The van der Waals surface area contributed by atoms with Crippen LogP contribution in [-0.4, -0.2) is 19.4 Å². The van der Waals surface area contributed by atoms with Gasteiger partial charge < -0.3 is 4.90 Å². The van der Waals surface area contributed by atoms with Crippen LogP contribution in [0, 0.1) is 11.3 Å². The lowest BCUT2D eigenvalue weighted by Gasteiger charge is -2.27. The molecule has 3 heteroatoms. The Labute approximate surface area is 102 Å². The lowest BCUT2D eigenvalue weighted by molar-refractivity contribution is 0.0984. The second-order valence-corrected chi connectivity index (χ2v) is 4.45. The third-order valence-electron chi connectivity index (χ3n) is 3.22. The van der Waals surface area contributed by atoms with Crippen molar-refractivity contribution >= 4 is 11.5 Å². The van der Waals surface area contributed by atoms with E-state index >= 15 is 0 Å². The molecule has 2 rings (SSSR count). The minimum atomic E-state index is 0.0718. The van der Waals surface area contributed by atoms with Gasteiger partial charge in [-0.3, -0.25) is 4.79 Å². The Hall–Kier alpha value is -1.82. The molecule has 0 atom stereocenters. The molecule has 0 aliphatic carbocycles. The molecular formula is C14H16N2O. The minimum absolute atomic E-state index is 0.0718. The van der Waals surface area contributed by atoms with Gasteiger partial charge in [0.05, 0.1) is 6.07 Å². The summed E-state index contributed by atoms with van der Waals surface area (Å²) < 4.78 is 0. The average Bonchev–Trinajstić information content (AvgIpc) is 2.36. The predicted molar refractivity (Wildman–Crippen MR) is 67.2 cm³/mol. The number of ketones is 1. The summed E-state index contributed by atoms with van der Waals surface area (Å²) in [6.45, 7) is 1.08. The van der Waals surface area contributed by atoms with Gasteiger partial charge in [-0.1, -0.05) is 0 Å². The number of rotatable bonds is 3. The Bertz CT molecular complexity index is 474. The molecule has 0 aromatic heterocycles. The SMILES string of the molecule is CN1CCCc2cc(C(=O)CCC#N)ccc21. The summed E-state index contributed by atoms with van der Waals surface area (Å²) in [5.74, 6) is 0.0718. The first-order chi connectivity index (χ1) is 8.22. The van der Waals surface area contributed by atoms with Crippen LogP contribution in [0.3, 0.4) is 0 Å². The summed E-state index contributed by atoms with van der Waals surface area (Å²) in [4.78, 5) is 14.0. The number of Topliss-reactive ketones (excluding diaryl/α,β-unsaturated/α-hetero) is 1. The summed E-state index contributed by atoms with van der Waals surface area (Å²) in [5, 5.41) is 8.48. The van der Waals surface area contributed by atoms with E-state index in [2.05, 4.69) is 11.9 Å². The Kier molecular flexibility index (Phi) is 3.43. The standard InChI is InChI=1S/C14H16N2O/c1-16-9-3-4-11-10-12(6-7-13(11)16)14(17)5-2-8-15/h6-7,10H,2-5,9H2,1H3. The lowest BCUT2D eigenvalue weighted by atomic mass is 9.97. The molecule has 0 amide bonds. The van der Waals surface area contributed by atoms with Crippen molar-refractivity contribution in [3.05, 3.63) is 29.3 Å². The van der Waals surface area contributed by atoms with Crippen LogP contribution in [-0.2, 0) is 6.42 Å².